The quantitative estimate of drug-likeness (QED) is 0.728. The zero-order valence-corrected chi connectivity index (χ0v) is 14.5. The Morgan fingerprint density at radius 3 is 2.46 bits per heavy atom. The van der Waals surface area contributed by atoms with E-state index in [9.17, 15) is 9.90 Å². The summed E-state index contributed by atoms with van der Waals surface area (Å²) in [5.74, 6) is 0.668. The van der Waals surface area contributed by atoms with Crippen molar-refractivity contribution >= 4 is 5.91 Å². The van der Waals surface area contributed by atoms with E-state index in [1.807, 2.05) is 52.0 Å². The zero-order chi connectivity index (χ0) is 17.7. The molecular weight excluding hydrogens is 306 g/mol. The van der Waals surface area contributed by atoms with Crippen LogP contribution < -0.4 is 10.1 Å². The van der Waals surface area contributed by atoms with E-state index in [1.54, 1.807) is 6.07 Å². The highest BCUT2D eigenvalue weighted by molar-refractivity contribution is 5.93. The second-order valence-electron chi connectivity index (χ2n) is 6.36. The van der Waals surface area contributed by atoms with Gasteiger partial charge in [-0.2, -0.15) is 5.10 Å². The third-order valence-electron chi connectivity index (χ3n) is 3.66. The number of ether oxygens (including phenoxy) is 1. The van der Waals surface area contributed by atoms with Gasteiger partial charge in [-0.25, -0.2) is 0 Å². The summed E-state index contributed by atoms with van der Waals surface area (Å²) in [5.41, 5.74) is 1.94. The fourth-order valence-corrected chi connectivity index (χ4v) is 2.23. The molecule has 3 N–H and O–H groups in total. The Bertz CT molecular complexity index is 662. The maximum Gasteiger partial charge on any atom is 0.269 e. The number of aliphatic hydroxyl groups is 1. The van der Waals surface area contributed by atoms with E-state index in [-0.39, 0.29) is 30.6 Å². The van der Waals surface area contributed by atoms with Gasteiger partial charge in [0.15, 0.2) is 0 Å². The van der Waals surface area contributed by atoms with Crippen LogP contribution in [0.5, 0.6) is 5.75 Å². The second kappa shape index (κ2) is 7.97. The fourth-order valence-electron chi connectivity index (χ4n) is 2.23. The predicted molar refractivity (Wildman–Crippen MR) is 93.0 cm³/mol. The maximum absolute atomic E-state index is 12.2. The Morgan fingerprint density at radius 1 is 1.25 bits per heavy atom. The normalized spacial score (nSPS) is 12.5. The van der Waals surface area contributed by atoms with E-state index in [4.69, 9.17) is 4.74 Å². The maximum atomic E-state index is 12.2. The van der Waals surface area contributed by atoms with Crippen LogP contribution in [0.25, 0.3) is 11.3 Å². The first-order chi connectivity index (χ1) is 11.4. The van der Waals surface area contributed by atoms with Gasteiger partial charge < -0.3 is 15.2 Å². The van der Waals surface area contributed by atoms with Gasteiger partial charge in [0.05, 0.1) is 24.4 Å². The number of aromatic nitrogens is 2. The van der Waals surface area contributed by atoms with Crippen LogP contribution in [0, 0.1) is 5.92 Å². The number of hydrogen-bond acceptors (Lipinski definition) is 4. The standard InChI is InChI=1S/C18H25N3O3/c1-11(2)17(10-22)19-18(23)16-9-15(20-21-16)13-5-7-14(8-6-13)24-12(3)4/h5-9,11-12,17,22H,10H2,1-4H3,(H,19,23)(H,20,21)/t17-/m0/s1. The van der Waals surface area contributed by atoms with Gasteiger partial charge in [-0.05, 0) is 50.1 Å². The lowest BCUT2D eigenvalue weighted by atomic mass is 10.1. The van der Waals surface area contributed by atoms with Gasteiger partial charge in [0, 0.05) is 5.56 Å². The number of carbonyl (C=O) groups excluding carboxylic acids is 1. The van der Waals surface area contributed by atoms with E-state index in [0.717, 1.165) is 11.3 Å². The third-order valence-corrected chi connectivity index (χ3v) is 3.66. The minimum Gasteiger partial charge on any atom is -0.491 e. The molecule has 1 amide bonds. The van der Waals surface area contributed by atoms with Crippen molar-refractivity contribution in [3.63, 3.8) is 0 Å². The Hall–Kier alpha value is -2.34. The van der Waals surface area contributed by atoms with Crippen molar-refractivity contribution in [1.29, 1.82) is 0 Å². The van der Waals surface area contributed by atoms with Crippen molar-refractivity contribution in [3.8, 4) is 17.0 Å². The van der Waals surface area contributed by atoms with Crippen molar-refractivity contribution in [2.75, 3.05) is 6.61 Å². The van der Waals surface area contributed by atoms with Crippen molar-refractivity contribution in [1.82, 2.24) is 15.5 Å². The molecule has 2 aromatic rings. The number of hydrogen-bond donors (Lipinski definition) is 3. The van der Waals surface area contributed by atoms with Crippen LogP contribution in [0.15, 0.2) is 30.3 Å². The monoisotopic (exact) mass is 331 g/mol. The highest BCUT2D eigenvalue weighted by atomic mass is 16.5. The molecule has 1 aromatic heterocycles. The minimum absolute atomic E-state index is 0.0955. The molecule has 0 aliphatic rings. The largest absolute Gasteiger partial charge is 0.491 e. The summed E-state index contributed by atoms with van der Waals surface area (Å²) >= 11 is 0. The highest BCUT2D eigenvalue weighted by Crippen LogP contribution is 2.22. The van der Waals surface area contributed by atoms with Gasteiger partial charge in [-0.1, -0.05) is 13.8 Å². The first-order valence-electron chi connectivity index (χ1n) is 8.15. The molecule has 0 fully saturated rings. The molecule has 0 bridgehead atoms. The lowest BCUT2D eigenvalue weighted by Crippen LogP contribution is -2.41. The number of H-pyrrole nitrogens is 1. The lowest BCUT2D eigenvalue weighted by molar-refractivity contribution is 0.0891. The van der Waals surface area contributed by atoms with Gasteiger partial charge in [0.2, 0.25) is 0 Å². The average Bonchev–Trinajstić information content (AvgIpc) is 3.02. The molecular formula is C18H25N3O3. The molecule has 1 atom stereocenters. The Balaban J connectivity index is 2.08. The van der Waals surface area contributed by atoms with Gasteiger partial charge in [-0.15, -0.1) is 0 Å². The topological polar surface area (TPSA) is 87.2 Å². The predicted octanol–water partition coefficient (Wildman–Crippen LogP) is 2.61. The number of rotatable bonds is 7. The first-order valence-corrected chi connectivity index (χ1v) is 8.15. The van der Waals surface area contributed by atoms with E-state index >= 15 is 0 Å². The van der Waals surface area contributed by atoms with Gasteiger partial charge in [0.25, 0.3) is 5.91 Å². The minimum atomic E-state index is -0.281. The van der Waals surface area contributed by atoms with Gasteiger partial charge in [-0.3, -0.25) is 9.89 Å². The molecule has 0 spiro atoms. The van der Waals surface area contributed by atoms with Crippen LogP contribution >= 0.6 is 0 Å². The number of benzene rings is 1. The molecule has 0 aliphatic carbocycles. The average molecular weight is 331 g/mol. The molecule has 130 valence electrons. The van der Waals surface area contributed by atoms with Crippen molar-refractivity contribution in [3.05, 3.63) is 36.0 Å². The molecule has 0 aliphatic heterocycles. The summed E-state index contributed by atoms with van der Waals surface area (Å²) in [6, 6.07) is 8.98. The van der Waals surface area contributed by atoms with Crippen LogP contribution in [0.2, 0.25) is 0 Å². The van der Waals surface area contributed by atoms with Crippen molar-refractivity contribution in [2.45, 2.75) is 39.8 Å². The van der Waals surface area contributed by atoms with E-state index in [1.165, 1.54) is 0 Å². The van der Waals surface area contributed by atoms with E-state index < -0.39 is 0 Å². The molecule has 1 aromatic carbocycles. The number of aliphatic hydroxyl groups excluding tert-OH is 1. The summed E-state index contributed by atoms with van der Waals surface area (Å²) in [7, 11) is 0. The third kappa shape index (κ3) is 4.58. The van der Waals surface area contributed by atoms with Gasteiger partial charge >= 0.3 is 0 Å². The number of aromatic amines is 1. The molecule has 6 heteroatoms. The number of nitrogens with zero attached hydrogens (tertiary/aromatic N) is 1. The summed E-state index contributed by atoms with van der Waals surface area (Å²) in [5, 5.41) is 19.0. The second-order valence-corrected chi connectivity index (χ2v) is 6.36. The summed E-state index contributed by atoms with van der Waals surface area (Å²) in [6.45, 7) is 7.75. The summed E-state index contributed by atoms with van der Waals surface area (Å²) < 4.78 is 5.61. The molecule has 24 heavy (non-hydrogen) atoms. The van der Waals surface area contributed by atoms with E-state index in [0.29, 0.717) is 11.4 Å². The lowest BCUT2D eigenvalue weighted by Gasteiger charge is -2.19. The molecule has 0 saturated carbocycles. The number of nitrogens with one attached hydrogen (secondary N) is 2. The van der Waals surface area contributed by atoms with Crippen molar-refractivity contribution in [2.24, 2.45) is 5.92 Å². The Morgan fingerprint density at radius 2 is 1.92 bits per heavy atom. The molecule has 0 radical (unpaired) electrons. The first kappa shape index (κ1) is 18.0. The molecule has 2 rings (SSSR count). The van der Waals surface area contributed by atoms with Gasteiger partial charge in [0.1, 0.15) is 11.4 Å². The zero-order valence-electron chi connectivity index (χ0n) is 14.5. The van der Waals surface area contributed by atoms with E-state index in [2.05, 4.69) is 15.5 Å². The Kier molecular flexibility index (Phi) is 5.98. The molecule has 0 unspecified atom stereocenters. The molecule has 0 saturated heterocycles. The van der Waals surface area contributed by atoms with Crippen LogP contribution in [0.4, 0.5) is 0 Å². The van der Waals surface area contributed by atoms with Crippen LogP contribution in [0.1, 0.15) is 38.2 Å². The SMILES string of the molecule is CC(C)Oc1ccc(-c2cc(C(=O)N[C@@H](CO)C(C)C)[nH]n2)cc1. The number of amides is 1. The van der Waals surface area contributed by atoms with Crippen molar-refractivity contribution < 1.29 is 14.6 Å². The smallest absolute Gasteiger partial charge is 0.269 e. The van der Waals surface area contributed by atoms with Crippen LogP contribution in [0.3, 0.4) is 0 Å². The highest BCUT2D eigenvalue weighted by Gasteiger charge is 2.18. The van der Waals surface area contributed by atoms with Crippen LogP contribution in [-0.4, -0.2) is 40.0 Å². The molecule has 6 nitrogen and oxygen atoms in total. The number of carbonyl (C=O) groups is 1. The summed E-state index contributed by atoms with van der Waals surface area (Å²) in [4.78, 5) is 12.2. The Labute approximate surface area is 142 Å². The molecule has 1 heterocycles. The summed E-state index contributed by atoms with van der Waals surface area (Å²) in [6.07, 6.45) is 0.122. The fraction of sp³-hybridized carbons (Fsp3) is 0.444. The van der Waals surface area contributed by atoms with Crippen LogP contribution in [-0.2, 0) is 0 Å².